The topological polar surface area (TPSA) is 62.3 Å². The zero-order valence-corrected chi connectivity index (χ0v) is 17.2. The van der Waals surface area contributed by atoms with Crippen LogP contribution in [0.2, 0.25) is 0 Å². The quantitative estimate of drug-likeness (QED) is 0.854. The summed E-state index contributed by atoms with van der Waals surface area (Å²) in [6.45, 7) is 10.1. The molecule has 1 unspecified atom stereocenters. The predicted molar refractivity (Wildman–Crippen MR) is 112 cm³/mol. The van der Waals surface area contributed by atoms with Crippen LogP contribution < -0.4 is 5.32 Å². The van der Waals surface area contributed by atoms with Gasteiger partial charge in [0.05, 0.1) is 0 Å². The maximum absolute atomic E-state index is 12.7. The molecule has 2 amide bonds. The number of rotatable bonds is 3. The molecule has 0 saturated carbocycles. The average molecular weight is 380 g/mol. The molecule has 1 aliphatic heterocycles. The van der Waals surface area contributed by atoms with Gasteiger partial charge in [0.15, 0.2) is 0 Å². The number of hydrogen-bond acceptors (Lipinski definition) is 3. The standard InChI is InChI=1S/C23H29N3O2/c1-16-7-6-14-26(15-16)22(28)20-9-5-8-19(25-20)21(27)24-18-12-10-17(11-13-18)23(2,3)4/h5,8-13,16H,6-7,14-15H2,1-4H3,(H,24,27). The van der Waals surface area contributed by atoms with Crippen LogP contribution in [0.1, 0.15) is 67.1 Å². The third-order valence-electron chi connectivity index (χ3n) is 5.15. The summed E-state index contributed by atoms with van der Waals surface area (Å²) in [5.41, 5.74) is 2.54. The molecule has 1 saturated heterocycles. The molecule has 5 heteroatoms. The summed E-state index contributed by atoms with van der Waals surface area (Å²) in [6, 6.07) is 12.8. The minimum atomic E-state index is -0.315. The van der Waals surface area contributed by atoms with E-state index in [1.807, 2.05) is 29.2 Å². The van der Waals surface area contributed by atoms with Crippen LogP contribution in [0.15, 0.2) is 42.5 Å². The van der Waals surface area contributed by atoms with Crippen molar-refractivity contribution in [2.24, 2.45) is 5.92 Å². The lowest BCUT2D eigenvalue weighted by molar-refractivity contribution is 0.0677. The first-order valence-corrected chi connectivity index (χ1v) is 9.92. The van der Waals surface area contributed by atoms with Gasteiger partial charge in [0, 0.05) is 18.8 Å². The number of carbonyl (C=O) groups is 2. The number of carbonyl (C=O) groups excluding carboxylic acids is 2. The van der Waals surface area contributed by atoms with Crippen molar-refractivity contribution < 1.29 is 9.59 Å². The summed E-state index contributed by atoms with van der Waals surface area (Å²) in [7, 11) is 0. The molecule has 1 N–H and O–H groups in total. The Labute approximate surface area is 167 Å². The third kappa shape index (κ3) is 4.77. The fourth-order valence-corrected chi connectivity index (χ4v) is 3.46. The van der Waals surface area contributed by atoms with Gasteiger partial charge in [-0.3, -0.25) is 9.59 Å². The molecule has 1 atom stereocenters. The molecule has 2 aromatic rings. The van der Waals surface area contributed by atoms with Crippen LogP contribution in [0.25, 0.3) is 0 Å². The minimum absolute atomic E-state index is 0.0603. The van der Waals surface area contributed by atoms with Gasteiger partial charge >= 0.3 is 0 Å². The van der Waals surface area contributed by atoms with Gasteiger partial charge < -0.3 is 10.2 Å². The van der Waals surface area contributed by atoms with E-state index in [1.165, 1.54) is 5.56 Å². The second-order valence-electron chi connectivity index (χ2n) is 8.69. The predicted octanol–water partition coefficient (Wildman–Crippen LogP) is 4.50. The van der Waals surface area contributed by atoms with Crippen molar-refractivity contribution in [2.75, 3.05) is 18.4 Å². The first-order chi connectivity index (χ1) is 13.2. The van der Waals surface area contributed by atoms with E-state index in [2.05, 4.69) is 38.0 Å². The van der Waals surface area contributed by atoms with Crippen molar-refractivity contribution in [3.05, 3.63) is 59.4 Å². The molecule has 1 aliphatic rings. The number of nitrogens with zero attached hydrogens (tertiary/aromatic N) is 2. The Morgan fingerprint density at radius 2 is 1.75 bits per heavy atom. The number of anilines is 1. The first kappa shape index (κ1) is 20.1. The number of amides is 2. The first-order valence-electron chi connectivity index (χ1n) is 9.92. The molecule has 148 valence electrons. The highest BCUT2D eigenvalue weighted by Crippen LogP contribution is 2.23. The summed E-state index contributed by atoms with van der Waals surface area (Å²) in [6.07, 6.45) is 2.16. The highest BCUT2D eigenvalue weighted by Gasteiger charge is 2.23. The Balaban J connectivity index is 1.71. The second-order valence-corrected chi connectivity index (χ2v) is 8.69. The van der Waals surface area contributed by atoms with Gasteiger partial charge in [-0.1, -0.05) is 45.9 Å². The highest BCUT2D eigenvalue weighted by molar-refractivity contribution is 6.03. The zero-order chi connectivity index (χ0) is 20.3. The second kappa shape index (κ2) is 8.13. The smallest absolute Gasteiger partial charge is 0.274 e. The summed E-state index contributed by atoms with van der Waals surface area (Å²) in [4.78, 5) is 31.5. The third-order valence-corrected chi connectivity index (χ3v) is 5.15. The fourth-order valence-electron chi connectivity index (χ4n) is 3.46. The molecule has 1 fully saturated rings. The summed E-state index contributed by atoms with van der Waals surface area (Å²) in [5.74, 6) is 0.0844. The molecule has 0 spiro atoms. The monoisotopic (exact) mass is 379 g/mol. The summed E-state index contributed by atoms with van der Waals surface area (Å²) in [5, 5.41) is 2.86. The Morgan fingerprint density at radius 3 is 2.39 bits per heavy atom. The van der Waals surface area contributed by atoms with Crippen molar-refractivity contribution in [1.82, 2.24) is 9.88 Å². The van der Waals surface area contributed by atoms with E-state index in [4.69, 9.17) is 0 Å². The van der Waals surface area contributed by atoms with Crippen molar-refractivity contribution in [1.29, 1.82) is 0 Å². The molecule has 2 heterocycles. The van der Waals surface area contributed by atoms with E-state index in [0.29, 0.717) is 17.3 Å². The van der Waals surface area contributed by atoms with Gasteiger partial charge in [0.2, 0.25) is 0 Å². The van der Waals surface area contributed by atoms with Crippen LogP contribution in [0.3, 0.4) is 0 Å². The molecular formula is C23H29N3O2. The van der Waals surface area contributed by atoms with Crippen LogP contribution in [-0.4, -0.2) is 34.8 Å². The van der Waals surface area contributed by atoms with Crippen molar-refractivity contribution in [3.63, 3.8) is 0 Å². The van der Waals surface area contributed by atoms with E-state index in [0.717, 1.165) is 25.9 Å². The molecule has 3 rings (SSSR count). The fraction of sp³-hybridized carbons (Fsp3) is 0.435. The van der Waals surface area contributed by atoms with E-state index in [1.54, 1.807) is 18.2 Å². The van der Waals surface area contributed by atoms with Gasteiger partial charge in [-0.05, 0) is 54.0 Å². The number of aromatic nitrogens is 1. The summed E-state index contributed by atoms with van der Waals surface area (Å²) >= 11 is 0. The Bertz CT molecular complexity index is 853. The van der Waals surface area contributed by atoms with Crippen LogP contribution in [0.5, 0.6) is 0 Å². The number of nitrogens with one attached hydrogen (secondary N) is 1. The number of hydrogen-bond donors (Lipinski definition) is 1. The van der Waals surface area contributed by atoms with Gasteiger partial charge in [0.1, 0.15) is 11.4 Å². The van der Waals surface area contributed by atoms with Crippen molar-refractivity contribution in [2.45, 2.75) is 46.0 Å². The lowest BCUT2D eigenvalue weighted by Crippen LogP contribution is -2.39. The normalized spacial score (nSPS) is 17.3. The number of piperidine rings is 1. The number of likely N-dealkylation sites (tertiary alicyclic amines) is 1. The van der Waals surface area contributed by atoms with Crippen LogP contribution >= 0.6 is 0 Å². The highest BCUT2D eigenvalue weighted by atomic mass is 16.2. The Morgan fingerprint density at radius 1 is 1.07 bits per heavy atom. The molecule has 28 heavy (non-hydrogen) atoms. The van der Waals surface area contributed by atoms with Crippen LogP contribution in [-0.2, 0) is 5.41 Å². The Kier molecular flexibility index (Phi) is 5.82. The lowest BCUT2D eigenvalue weighted by atomic mass is 9.87. The van der Waals surface area contributed by atoms with Crippen LogP contribution in [0.4, 0.5) is 5.69 Å². The molecule has 0 bridgehead atoms. The lowest BCUT2D eigenvalue weighted by Gasteiger charge is -2.30. The minimum Gasteiger partial charge on any atom is -0.337 e. The molecule has 0 aliphatic carbocycles. The van der Waals surface area contributed by atoms with Crippen LogP contribution in [0, 0.1) is 5.92 Å². The van der Waals surface area contributed by atoms with Gasteiger partial charge in [-0.25, -0.2) is 4.98 Å². The average Bonchev–Trinajstić information content (AvgIpc) is 2.67. The summed E-state index contributed by atoms with van der Waals surface area (Å²) < 4.78 is 0. The SMILES string of the molecule is CC1CCCN(C(=O)c2cccc(C(=O)Nc3ccc(C(C)(C)C)cc3)n2)C1. The van der Waals surface area contributed by atoms with E-state index in [-0.39, 0.29) is 22.9 Å². The molecule has 1 aromatic carbocycles. The number of benzene rings is 1. The zero-order valence-electron chi connectivity index (χ0n) is 17.2. The van der Waals surface area contributed by atoms with E-state index < -0.39 is 0 Å². The van der Waals surface area contributed by atoms with E-state index in [9.17, 15) is 9.59 Å². The van der Waals surface area contributed by atoms with Gasteiger partial charge in [-0.2, -0.15) is 0 Å². The molecule has 1 aromatic heterocycles. The van der Waals surface area contributed by atoms with Gasteiger partial charge in [0.25, 0.3) is 11.8 Å². The maximum Gasteiger partial charge on any atom is 0.274 e. The van der Waals surface area contributed by atoms with Gasteiger partial charge in [-0.15, -0.1) is 0 Å². The number of pyridine rings is 1. The Hall–Kier alpha value is -2.69. The van der Waals surface area contributed by atoms with E-state index >= 15 is 0 Å². The van der Waals surface area contributed by atoms with Crippen molar-refractivity contribution in [3.8, 4) is 0 Å². The maximum atomic E-state index is 12.7. The molecule has 5 nitrogen and oxygen atoms in total. The largest absolute Gasteiger partial charge is 0.337 e. The molecule has 0 radical (unpaired) electrons. The molecular weight excluding hydrogens is 350 g/mol. The van der Waals surface area contributed by atoms with Crippen molar-refractivity contribution >= 4 is 17.5 Å².